The highest BCUT2D eigenvalue weighted by atomic mass is 32.1. The first kappa shape index (κ1) is 16.5. The second-order valence-electron chi connectivity index (χ2n) is 6.20. The lowest BCUT2D eigenvalue weighted by atomic mass is 9.85. The Morgan fingerprint density at radius 2 is 2.08 bits per heavy atom. The van der Waals surface area contributed by atoms with Crippen molar-refractivity contribution in [1.29, 1.82) is 0 Å². The maximum absolute atomic E-state index is 5.57. The molecule has 0 spiro atoms. The number of hydrogen-bond acceptors (Lipinski definition) is 2. The summed E-state index contributed by atoms with van der Waals surface area (Å²) in [5.74, 6) is 3.84. The molecule has 1 aliphatic heterocycles. The lowest BCUT2D eigenvalue weighted by Gasteiger charge is -2.32. The Morgan fingerprint density at radius 1 is 1.33 bits per heavy atom. The van der Waals surface area contributed by atoms with Gasteiger partial charge in [0.1, 0.15) is 12.4 Å². The first-order valence-corrected chi connectivity index (χ1v) is 8.45. The van der Waals surface area contributed by atoms with Crippen molar-refractivity contribution in [2.24, 2.45) is 10.9 Å². The van der Waals surface area contributed by atoms with Crippen LogP contribution in [0.1, 0.15) is 30.9 Å². The van der Waals surface area contributed by atoms with Crippen LogP contribution in [0, 0.1) is 18.3 Å². The molecular formula is C20H20N2OS. The summed E-state index contributed by atoms with van der Waals surface area (Å²) in [6, 6.07) is 8.63. The van der Waals surface area contributed by atoms with Crippen molar-refractivity contribution in [3.8, 4) is 12.3 Å². The maximum Gasteiger partial charge on any atom is 0.193 e. The number of aliphatic imine (C=N–C) groups is 1. The van der Waals surface area contributed by atoms with Gasteiger partial charge in [-0.05, 0) is 41.4 Å². The third-order valence-electron chi connectivity index (χ3n) is 4.22. The number of terminal acetylenes is 1. The SMILES string of the molecule is C#CCOC1=CC2C(c3ccc(C(C)C)cc3)=NC(=S)NC2C=C1. The topological polar surface area (TPSA) is 33.6 Å². The fourth-order valence-electron chi connectivity index (χ4n) is 2.92. The Labute approximate surface area is 148 Å². The lowest BCUT2D eigenvalue weighted by molar-refractivity contribution is 0.262. The molecule has 1 heterocycles. The van der Waals surface area contributed by atoms with Gasteiger partial charge >= 0.3 is 0 Å². The lowest BCUT2D eigenvalue weighted by Crippen LogP contribution is -2.46. The van der Waals surface area contributed by atoms with Gasteiger partial charge in [-0.2, -0.15) is 0 Å². The van der Waals surface area contributed by atoms with E-state index < -0.39 is 0 Å². The van der Waals surface area contributed by atoms with E-state index in [9.17, 15) is 0 Å². The number of thiocarbonyl (C=S) groups is 1. The highest BCUT2D eigenvalue weighted by Crippen LogP contribution is 2.27. The van der Waals surface area contributed by atoms with Gasteiger partial charge < -0.3 is 10.1 Å². The van der Waals surface area contributed by atoms with Gasteiger partial charge in [0, 0.05) is 5.92 Å². The summed E-state index contributed by atoms with van der Waals surface area (Å²) in [7, 11) is 0. The average molecular weight is 336 g/mol. The van der Waals surface area contributed by atoms with E-state index in [2.05, 4.69) is 66.5 Å². The zero-order valence-corrected chi connectivity index (χ0v) is 14.6. The fourth-order valence-corrected chi connectivity index (χ4v) is 3.15. The van der Waals surface area contributed by atoms with Gasteiger partial charge in [0.05, 0.1) is 11.8 Å². The number of nitrogens with zero attached hydrogens (tertiary/aromatic N) is 1. The average Bonchev–Trinajstić information content (AvgIpc) is 2.59. The minimum absolute atomic E-state index is 0.0689. The van der Waals surface area contributed by atoms with Crippen molar-refractivity contribution >= 4 is 23.0 Å². The molecular weight excluding hydrogens is 316 g/mol. The predicted molar refractivity (Wildman–Crippen MR) is 102 cm³/mol. The highest BCUT2D eigenvalue weighted by molar-refractivity contribution is 7.80. The highest BCUT2D eigenvalue weighted by Gasteiger charge is 2.31. The van der Waals surface area contributed by atoms with E-state index in [0.29, 0.717) is 11.0 Å². The predicted octanol–water partition coefficient (Wildman–Crippen LogP) is 3.58. The maximum atomic E-state index is 5.57. The van der Waals surface area contributed by atoms with Gasteiger partial charge in [-0.15, -0.1) is 6.42 Å². The van der Waals surface area contributed by atoms with Gasteiger partial charge in [-0.1, -0.05) is 50.1 Å². The molecule has 3 rings (SSSR count). The second kappa shape index (κ2) is 7.02. The number of hydrogen-bond donors (Lipinski definition) is 1. The van der Waals surface area contributed by atoms with Crippen LogP contribution in [0.5, 0.6) is 0 Å². The third-order valence-corrected chi connectivity index (χ3v) is 4.43. The summed E-state index contributed by atoms with van der Waals surface area (Å²) in [5.41, 5.74) is 3.36. The van der Waals surface area contributed by atoms with Crippen molar-refractivity contribution in [1.82, 2.24) is 5.32 Å². The zero-order chi connectivity index (χ0) is 17.1. The van der Waals surface area contributed by atoms with E-state index in [4.69, 9.17) is 23.4 Å². The van der Waals surface area contributed by atoms with E-state index in [1.165, 1.54) is 5.56 Å². The largest absolute Gasteiger partial charge is 0.481 e. The van der Waals surface area contributed by atoms with Crippen molar-refractivity contribution in [2.45, 2.75) is 25.8 Å². The molecule has 3 nitrogen and oxygen atoms in total. The van der Waals surface area contributed by atoms with E-state index in [-0.39, 0.29) is 18.6 Å². The molecule has 2 atom stereocenters. The van der Waals surface area contributed by atoms with Crippen LogP contribution >= 0.6 is 12.2 Å². The Morgan fingerprint density at radius 3 is 2.75 bits per heavy atom. The minimum Gasteiger partial charge on any atom is -0.481 e. The monoisotopic (exact) mass is 336 g/mol. The molecule has 0 radical (unpaired) electrons. The molecule has 1 aromatic rings. The first-order valence-electron chi connectivity index (χ1n) is 8.04. The zero-order valence-electron chi connectivity index (χ0n) is 13.8. The summed E-state index contributed by atoms with van der Waals surface area (Å²) in [5, 5.41) is 3.76. The summed E-state index contributed by atoms with van der Waals surface area (Å²) in [6.07, 6.45) is 11.3. The third kappa shape index (κ3) is 3.42. The number of fused-ring (bicyclic) bond motifs is 1. The van der Waals surface area contributed by atoms with Crippen LogP contribution in [-0.4, -0.2) is 23.5 Å². The van der Waals surface area contributed by atoms with E-state index in [1.807, 2.05) is 6.08 Å². The minimum atomic E-state index is 0.0689. The Kier molecular flexibility index (Phi) is 4.82. The molecule has 2 aliphatic rings. The molecule has 122 valence electrons. The van der Waals surface area contributed by atoms with Crippen LogP contribution in [0.15, 0.2) is 53.2 Å². The molecule has 24 heavy (non-hydrogen) atoms. The molecule has 0 saturated carbocycles. The Bertz CT molecular complexity index is 766. The normalized spacial score (nSPS) is 22.2. The van der Waals surface area contributed by atoms with Crippen LogP contribution in [0.25, 0.3) is 0 Å². The van der Waals surface area contributed by atoms with Crippen LogP contribution in [0.4, 0.5) is 0 Å². The molecule has 2 unspecified atom stereocenters. The fraction of sp³-hybridized carbons (Fsp3) is 0.300. The van der Waals surface area contributed by atoms with Crippen molar-refractivity contribution in [3.63, 3.8) is 0 Å². The number of ether oxygens (including phenoxy) is 1. The van der Waals surface area contributed by atoms with Crippen molar-refractivity contribution in [3.05, 3.63) is 59.4 Å². The molecule has 4 heteroatoms. The molecule has 0 amide bonds. The van der Waals surface area contributed by atoms with Gasteiger partial charge in [-0.25, -0.2) is 4.99 Å². The van der Waals surface area contributed by atoms with Gasteiger partial charge in [0.15, 0.2) is 5.11 Å². The molecule has 0 saturated heterocycles. The standard InChI is InChI=1S/C20H20N2OS/c1-4-11-23-16-9-10-18-17(12-16)19(22-20(24)21-18)15-7-5-14(6-8-15)13(2)3/h1,5-10,12-13,17-18H,11H2,2-3H3,(H,21,24). The molecule has 0 aromatic heterocycles. The molecule has 1 aliphatic carbocycles. The van der Waals surface area contributed by atoms with Crippen LogP contribution in [-0.2, 0) is 4.74 Å². The first-order chi connectivity index (χ1) is 11.6. The smallest absolute Gasteiger partial charge is 0.193 e. The van der Waals surface area contributed by atoms with E-state index >= 15 is 0 Å². The summed E-state index contributed by atoms with van der Waals surface area (Å²) in [6.45, 7) is 4.63. The molecule has 1 N–H and O–H groups in total. The van der Waals surface area contributed by atoms with Crippen molar-refractivity contribution < 1.29 is 4.74 Å². The van der Waals surface area contributed by atoms with Gasteiger partial charge in [0.25, 0.3) is 0 Å². The number of benzene rings is 1. The molecule has 1 aromatic carbocycles. The van der Waals surface area contributed by atoms with E-state index in [0.717, 1.165) is 17.0 Å². The van der Waals surface area contributed by atoms with E-state index in [1.54, 1.807) is 0 Å². The van der Waals surface area contributed by atoms with Crippen LogP contribution < -0.4 is 5.32 Å². The Balaban J connectivity index is 1.93. The van der Waals surface area contributed by atoms with Crippen molar-refractivity contribution in [2.75, 3.05) is 6.61 Å². The summed E-state index contributed by atoms with van der Waals surface area (Å²) in [4.78, 5) is 4.59. The van der Waals surface area contributed by atoms with Gasteiger partial charge in [-0.3, -0.25) is 0 Å². The Hall–Kier alpha value is -2.38. The summed E-state index contributed by atoms with van der Waals surface area (Å²) >= 11 is 5.31. The number of allylic oxidation sites excluding steroid dienone is 1. The van der Waals surface area contributed by atoms with Crippen LogP contribution in [0.3, 0.4) is 0 Å². The second-order valence-corrected chi connectivity index (χ2v) is 6.58. The number of rotatable bonds is 4. The molecule has 0 bridgehead atoms. The van der Waals surface area contributed by atoms with Gasteiger partial charge in [0.2, 0.25) is 0 Å². The van der Waals surface area contributed by atoms with Crippen LogP contribution in [0.2, 0.25) is 0 Å². The molecule has 0 fully saturated rings. The quantitative estimate of drug-likeness (QED) is 0.674. The summed E-state index contributed by atoms with van der Waals surface area (Å²) < 4.78 is 5.57. The number of nitrogens with one attached hydrogen (secondary N) is 1.